The summed E-state index contributed by atoms with van der Waals surface area (Å²) in [4.78, 5) is 29.7. The molecule has 2 atom stereocenters. The Labute approximate surface area is 200 Å². The van der Waals surface area contributed by atoms with Crippen molar-refractivity contribution in [1.29, 1.82) is 0 Å². The molecule has 2 aromatic carbocycles. The maximum atomic E-state index is 12.7. The van der Waals surface area contributed by atoms with Gasteiger partial charge >= 0.3 is 0 Å². The highest BCUT2D eigenvalue weighted by molar-refractivity contribution is 6.30. The largest absolute Gasteiger partial charge is 0.372 e. The zero-order valence-corrected chi connectivity index (χ0v) is 20.1. The van der Waals surface area contributed by atoms with E-state index in [0.717, 1.165) is 50.4 Å². The second kappa shape index (κ2) is 10.7. The molecule has 2 aliphatic rings. The van der Waals surface area contributed by atoms with Gasteiger partial charge in [-0.05, 0) is 88.3 Å². The van der Waals surface area contributed by atoms with Gasteiger partial charge in [0, 0.05) is 41.0 Å². The summed E-state index contributed by atoms with van der Waals surface area (Å²) in [6, 6.07) is 15.1. The van der Waals surface area contributed by atoms with E-state index in [0.29, 0.717) is 17.1 Å². The lowest BCUT2D eigenvalue weighted by Crippen LogP contribution is -2.45. The van der Waals surface area contributed by atoms with Gasteiger partial charge in [0.05, 0.1) is 18.8 Å². The Kier molecular flexibility index (Phi) is 7.68. The van der Waals surface area contributed by atoms with Crippen LogP contribution in [0.25, 0.3) is 0 Å². The number of nitrogens with zero attached hydrogens (tertiary/aromatic N) is 2. The zero-order valence-electron chi connectivity index (χ0n) is 19.3. The van der Waals surface area contributed by atoms with E-state index in [1.807, 2.05) is 24.3 Å². The molecule has 33 heavy (non-hydrogen) atoms. The smallest absolute Gasteiger partial charge is 0.238 e. The number of nitrogens with one attached hydrogen (secondary N) is 1. The van der Waals surface area contributed by atoms with Crippen molar-refractivity contribution in [3.8, 4) is 0 Å². The van der Waals surface area contributed by atoms with E-state index >= 15 is 0 Å². The molecular weight excluding hydrogens is 438 g/mol. The molecule has 0 radical (unpaired) electrons. The van der Waals surface area contributed by atoms with Gasteiger partial charge in [0.15, 0.2) is 5.78 Å². The first-order valence-electron chi connectivity index (χ1n) is 11.7. The highest BCUT2D eigenvalue weighted by Gasteiger charge is 2.27. The van der Waals surface area contributed by atoms with E-state index in [4.69, 9.17) is 16.3 Å². The predicted molar refractivity (Wildman–Crippen MR) is 132 cm³/mol. The standard InChI is InChI=1S/C26H32ClN3O3/c1-18-15-30(16-19(2)33-18)24-9-7-23(8-10-24)28-25(31)17-29-13-11-21(12-14-29)26(32)20-3-5-22(27)6-4-20/h3-10,18-19,21H,11-17H2,1-2H3,(H,28,31). The minimum atomic E-state index is -0.0288. The fourth-order valence-electron chi connectivity index (χ4n) is 4.75. The highest BCUT2D eigenvalue weighted by atomic mass is 35.5. The molecule has 2 unspecified atom stereocenters. The number of halogens is 1. The van der Waals surface area contributed by atoms with Crippen LogP contribution in [0.1, 0.15) is 37.0 Å². The van der Waals surface area contributed by atoms with Crippen LogP contribution >= 0.6 is 11.6 Å². The molecule has 176 valence electrons. The lowest BCUT2D eigenvalue weighted by Gasteiger charge is -2.36. The highest BCUT2D eigenvalue weighted by Crippen LogP contribution is 2.24. The number of amides is 1. The SMILES string of the molecule is CC1CN(c2ccc(NC(=O)CN3CCC(C(=O)c4ccc(Cl)cc4)CC3)cc2)CC(C)O1. The van der Waals surface area contributed by atoms with Gasteiger partial charge in [0.25, 0.3) is 0 Å². The van der Waals surface area contributed by atoms with Gasteiger partial charge in [-0.25, -0.2) is 0 Å². The Morgan fingerprint density at radius 3 is 2.18 bits per heavy atom. The Balaban J connectivity index is 1.23. The summed E-state index contributed by atoms with van der Waals surface area (Å²) in [7, 11) is 0. The average Bonchev–Trinajstić information content (AvgIpc) is 2.79. The minimum Gasteiger partial charge on any atom is -0.372 e. The van der Waals surface area contributed by atoms with Crippen LogP contribution in [0.15, 0.2) is 48.5 Å². The van der Waals surface area contributed by atoms with E-state index in [1.54, 1.807) is 24.3 Å². The Morgan fingerprint density at radius 2 is 1.58 bits per heavy atom. The van der Waals surface area contributed by atoms with E-state index < -0.39 is 0 Å². The molecule has 4 rings (SSSR count). The Morgan fingerprint density at radius 1 is 0.970 bits per heavy atom. The van der Waals surface area contributed by atoms with Crippen LogP contribution in [0.3, 0.4) is 0 Å². The molecule has 2 saturated heterocycles. The first-order chi connectivity index (χ1) is 15.9. The second-order valence-corrected chi connectivity index (χ2v) is 9.62. The number of hydrogen-bond donors (Lipinski definition) is 1. The fraction of sp³-hybridized carbons (Fsp3) is 0.462. The molecule has 2 aliphatic heterocycles. The lowest BCUT2D eigenvalue weighted by atomic mass is 9.89. The zero-order chi connectivity index (χ0) is 23.4. The van der Waals surface area contributed by atoms with Crippen LogP contribution in [0.4, 0.5) is 11.4 Å². The van der Waals surface area contributed by atoms with Crippen molar-refractivity contribution >= 4 is 34.7 Å². The number of benzene rings is 2. The molecule has 0 bridgehead atoms. The van der Waals surface area contributed by atoms with Crippen molar-refractivity contribution in [3.63, 3.8) is 0 Å². The number of likely N-dealkylation sites (tertiary alicyclic amines) is 1. The molecule has 2 aromatic rings. The monoisotopic (exact) mass is 469 g/mol. The minimum absolute atomic E-state index is 0.00338. The van der Waals surface area contributed by atoms with Crippen LogP contribution in [0.5, 0.6) is 0 Å². The van der Waals surface area contributed by atoms with Gasteiger partial charge in [0.1, 0.15) is 0 Å². The quantitative estimate of drug-likeness (QED) is 0.632. The van der Waals surface area contributed by atoms with Gasteiger partial charge in [-0.15, -0.1) is 0 Å². The maximum absolute atomic E-state index is 12.7. The van der Waals surface area contributed by atoms with E-state index in [1.165, 1.54) is 0 Å². The van der Waals surface area contributed by atoms with Gasteiger partial charge in [0.2, 0.25) is 5.91 Å². The Hall–Kier alpha value is -2.41. The van der Waals surface area contributed by atoms with Crippen molar-refractivity contribution in [1.82, 2.24) is 4.90 Å². The number of hydrogen-bond acceptors (Lipinski definition) is 5. The lowest BCUT2D eigenvalue weighted by molar-refractivity contribution is -0.117. The van der Waals surface area contributed by atoms with Crippen LogP contribution in [0, 0.1) is 5.92 Å². The summed E-state index contributed by atoms with van der Waals surface area (Å²) in [6.45, 7) is 7.73. The van der Waals surface area contributed by atoms with E-state index in [2.05, 4.69) is 29.0 Å². The molecule has 1 amide bonds. The predicted octanol–water partition coefficient (Wildman–Crippen LogP) is 4.49. The fourth-order valence-corrected chi connectivity index (χ4v) is 4.88. The van der Waals surface area contributed by atoms with Gasteiger partial charge in [-0.2, -0.15) is 0 Å². The first-order valence-corrected chi connectivity index (χ1v) is 12.1. The summed E-state index contributed by atoms with van der Waals surface area (Å²) < 4.78 is 5.81. The summed E-state index contributed by atoms with van der Waals surface area (Å²) in [6.07, 6.45) is 1.94. The third-order valence-electron chi connectivity index (χ3n) is 6.39. The van der Waals surface area contributed by atoms with Crippen molar-refractivity contribution < 1.29 is 14.3 Å². The van der Waals surface area contributed by atoms with Crippen LogP contribution in [0.2, 0.25) is 5.02 Å². The second-order valence-electron chi connectivity index (χ2n) is 9.18. The van der Waals surface area contributed by atoms with Gasteiger partial charge in [-0.3, -0.25) is 14.5 Å². The molecule has 0 aliphatic carbocycles. The molecule has 7 heteroatoms. The van der Waals surface area contributed by atoms with Crippen LogP contribution in [-0.2, 0) is 9.53 Å². The van der Waals surface area contributed by atoms with Crippen molar-refractivity contribution in [2.45, 2.75) is 38.9 Å². The van der Waals surface area contributed by atoms with Crippen LogP contribution in [-0.4, -0.2) is 61.5 Å². The topological polar surface area (TPSA) is 61.9 Å². The van der Waals surface area contributed by atoms with Crippen LogP contribution < -0.4 is 10.2 Å². The number of piperidine rings is 1. The van der Waals surface area contributed by atoms with Gasteiger partial charge in [-0.1, -0.05) is 11.6 Å². The number of rotatable bonds is 6. The van der Waals surface area contributed by atoms with Gasteiger partial charge < -0.3 is 15.0 Å². The van der Waals surface area contributed by atoms with Crippen molar-refractivity contribution in [3.05, 3.63) is 59.1 Å². The number of ketones is 1. The molecule has 1 N–H and O–H groups in total. The third-order valence-corrected chi connectivity index (χ3v) is 6.64. The van der Waals surface area contributed by atoms with E-state index in [9.17, 15) is 9.59 Å². The number of ether oxygens (including phenoxy) is 1. The average molecular weight is 470 g/mol. The maximum Gasteiger partial charge on any atom is 0.238 e. The Bertz CT molecular complexity index is 946. The number of Topliss-reactive ketones (excluding diaryl/α,β-unsaturated/α-hetero) is 1. The summed E-state index contributed by atoms with van der Waals surface area (Å²) in [5.74, 6) is 0.141. The number of carbonyl (C=O) groups is 2. The molecule has 0 spiro atoms. The molecule has 2 fully saturated rings. The molecular formula is C26H32ClN3O3. The molecule has 0 aromatic heterocycles. The summed E-state index contributed by atoms with van der Waals surface area (Å²) >= 11 is 5.92. The normalized spacial score (nSPS) is 22.2. The summed E-state index contributed by atoms with van der Waals surface area (Å²) in [5, 5.41) is 3.63. The van der Waals surface area contributed by atoms with E-state index in [-0.39, 0.29) is 29.8 Å². The first kappa shape index (κ1) is 23.7. The van der Waals surface area contributed by atoms with Crippen molar-refractivity contribution in [2.75, 3.05) is 42.9 Å². The number of morpholine rings is 1. The summed E-state index contributed by atoms with van der Waals surface area (Å²) in [5.41, 5.74) is 2.65. The molecule has 0 saturated carbocycles. The molecule has 6 nitrogen and oxygen atoms in total. The third kappa shape index (κ3) is 6.34. The molecule has 2 heterocycles. The number of carbonyl (C=O) groups excluding carboxylic acids is 2. The number of anilines is 2. The van der Waals surface area contributed by atoms with Crippen molar-refractivity contribution in [2.24, 2.45) is 5.92 Å².